The van der Waals surface area contributed by atoms with Gasteiger partial charge in [0.15, 0.2) is 0 Å². The van der Waals surface area contributed by atoms with Gasteiger partial charge in [0.2, 0.25) is 5.82 Å². The summed E-state index contributed by atoms with van der Waals surface area (Å²) in [6.45, 7) is 4.48. The van der Waals surface area contributed by atoms with Crippen LogP contribution in [0.15, 0.2) is 22.9 Å². The van der Waals surface area contributed by atoms with Gasteiger partial charge < -0.3 is 9.64 Å². The summed E-state index contributed by atoms with van der Waals surface area (Å²) in [6, 6.07) is 3.96. The smallest absolute Gasteiger partial charge is 0.417 e. The fourth-order valence-corrected chi connectivity index (χ4v) is 2.91. The van der Waals surface area contributed by atoms with Gasteiger partial charge in [0, 0.05) is 36.4 Å². The number of rotatable bonds is 4. The van der Waals surface area contributed by atoms with E-state index in [4.69, 9.17) is 9.26 Å². The van der Waals surface area contributed by atoms with Crippen LogP contribution < -0.4 is 9.64 Å². The van der Waals surface area contributed by atoms with Crippen molar-refractivity contribution in [2.75, 3.05) is 36.1 Å². The van der Waals surface area contributed by atoms with Crippen molar-refractivity contribution in [3.05, 3.63) is 18.3 Å². The predicted molar refractivity (Wildman–Crippen MR) is 78.2 cm³/mol. The lowest BCUT2D eigenvalue weighted by Crippen LogP contribution is -2.32. The van der Waals surface area contributed by atoms with Gasteiger partial charge in [-0.1, -0.05) is 5.16 Å². The van der Waals surface area contributed by atoms with E-state index < -0.39 is 0 Å². The van der Waals surface area contributed by atoms with Crippen molar-refractivity contribution in [1.29, 1.82) is 0 Å². The van der Waals surface area contributed by atoms with E-state index in [1.807, 2.05) is 30.8 Å². The summed E-state index contributed by atoms with van der Waals surface area (Å²) in [5.74, 6) is 3.82. The Hall–Kier alpha value is -1.76. The van der Waals surface area contributed by atoms with Crippen LogP contribution in [0.25, 0.3) is 11.4 Å². The quantitative estimate of drug-likeness (QED) is 0.854. The fourth-order valence-electron chi connectivity index (χ4n) is 2.01. The molecular formula is C13H16N4O2S. The lowest BCUT2D eigenvalue weighted by molar-refractivity contribution is 0.215. The Morgan fingerprint density at radius 3 is 2.90 bits per heavy atom. The number of aromatic nitrogens is 3. The summed E-state index contributed by atoms with van der Waals surface area (Å²) in [5, 5.41) is 3.88. The van der Waals surface area contributed by atoms with E-state index in [2.05, 4.69) is 20.0 Å². The van der Waals surface area contributed by atoms with Crippen molar-refractivity contribution >= 4 is 17.6 Å². The summed E-state index contributed by atoms with van der Waals surface area (Å²) < 4.78 is 10.1. The van der Waals surface area contributed by atoms with Crippen molar-refractivity contribution in [3.63, 3.8) is 0 Å². The molecule has 1 aliphatic heterocycles. The number of ether oxygens (including phenoxy) is 1. The van der Waals surface area contributed by atoms with E-state index in [0.29, 0.717) is 12.4 Å². The van der Waals surface area contributed by atoms with E-state index in [0.717, 1.165) is 36.0 Å². The molecule has 0 bridgehead atoms. The molecule has 2 aromatic rings. The van der Waals surface area contributed by atoms with Crippen LogP contribution >= 0.6 is 11.8 Å². The van der Waals surface area contributed by atoms with E-state index >= 15 is 0 Å². The normalized spacial score (nSPS) is 15.3. The number of hydrogen-bond donors (Lipinski definition) is 0. The number of anilines is 1. The zero-order valence-corrected chi connectivity index (χ0v) is 12.1. The molecule has 0 radical (unpaired) electrons. The van der Waals surface area contributed by atoms with Crippen LogP contribution in [0.4, 0.5) is 5.82 Å². The maximum Gasteiger partial charge on any atom is 0.417 e. The number of pyridine rings is 1. The van der Waals surface area contributed by atoms with Crippen molar-refractivity contribution in [2.45, 2.75) is 6.92 Å². The summed E-state index contributed by atoms with van der Waals surface area (Å²) in [6.07, 6.45) is 1.97. The highest BCUT2D eigenvalue weighted by Gasteiger charge is 2.14. The summed E-state index contributed by atoms with van der Waals surface area (Å²) >= 11 is 1.98. The third kappa shape index (κ3) is 2.87. The number of nitrogens with zero attached hydrogens (tertiary/aromatic N) is 4. The Morgan fingerprint density at radius 2 is 2.20 bits per heavy atom. The van der Waals surface area contributed by atoms with Crippen LogP contribution in [-0.4, -0.2) is 46.3 Å². The summed E-state index contributed by atoms with van der Waals surface area (Å²) in [5.41, 5.74) is 0.829. The maximum atomic E-state index is 5.16. The maximum absolute atomic E-state index is 5.16. The molecule has 20 heavy (non-hydrogen) atoms. The Kier molecular flexibility index (Phi) is 4.05. The van der Waals surface area contributed by atoms with Crippen LogP contribution in [0.2, 0.25) is 0 Å². The Labute approximate surface area is 121 Å². The Balaban J connectivity index is 1.74. The van der Waals surface area contributed by atoms with Gasteiger partial charge in [-0.15, -0.1) is 0 Å². The minimum Gasteiger partial charge on any atom is -0.449 e. The minimum atomic E-state index is 0.194. The molecule has 0 saturated carbocycles. The molecule has 0 aromatic carbocycles. The summed E-state index contributed by atoms with van der Waals surface area (Å²) in [7, 11) is 0. The molecule has 0 atom stereocenters. The molecule has 0 aliphatic carbocycles. The van der Waals surface area contributed by atoms with E-state index in [1.165, 1.54) is 0 Å². The van der Waals surface area contributed by atoms with Crippen LogP contribution in [0, 0.1) is 0 Å². The number of hydrogen-bond acceptors (Lipinski definition) is 7. The first kappa shape index (κ1) is 13.2. The van der Waals surface area contributed by atoms with E-state index in [9.17, 15) is 0 Å². The molecule has 7 heteroatoms. The van der Waals surface area contributed by atoms with Crippen LogP contribution in [0.5, 0.6) is 6.08 Å². The molecule has 0 spiro atoms. The third-order valence-electron chi connectivity index (χ3n) is 3.02. The molecule has 1 saturated heterocycles. The highest BCUT2D eigenvalue weighted by molar-refractivity contribution is 7.99. The van der Waals surface area contributed by atoms with Gasteiger partial charge in [-0.3, -0.25) is 4.52 Å². The second kappa shape index (κ2) is 6.13. The highest BCUT2D eigenvalue weighted by Crippen LogP contribution is 2.22. The van der Waals surface area contributed by atoms with Crippen LogP contribution in [0.1, 0.15) is 6.92 Å². The molecule has 1 aliphatic rings. The summed E-state index contributed by atoms with van der Waals surface area (Å²) in [4.78, 5) is 10.9. The van der Waals surface area contributed by atoms with Gasteiger partial charge in [0.25, 0.3) is 0 Å². The molecule has 0 amide bonds. The third-order valence-corrected chi connectivity index (χ3v) is 3.96. The molecule has 3 heterocycles. The first-order valence-electron chi connectivity index (χ1n) is 6.62. The highest BCUT2D eigenvalue weighted by atomic mass is 32.2. The predicted octanol–water partition coefficient (Wildman–Crippen LogP) is 2.08. The van der Waals surface area contributed by atoms with Crippen molar-refractivity contribution in [2.24, 2.45) is 0 Å². The second-order valence-corrected chi connectivity index (χ2v) is 5.55. The van der Waals surface area contributed by atoms with Gasteiger partial charge in [-0.05, 0) is 19.1 Å². The van der Waals surface area contributed by atoms with Gasteiger partial charge in [-0.2, -0.15) is 16.7 Å². The zero-order chi connectivity index (χ0) is 13.8. The van der Waals surface area contributed by atoms with Gasteiger partial charge in [0.1, 0.15) is 5.82 Å². The largest absolute Gasteiger partial charge is 0.449 e. The SMILES string of the molecule is CCOc1nc(-c2ccc(N3CCSCC3)nc2)no1. The van der Waals surface area contributed by atoms with Crippen molar-refractivity contribution in [3.8, 4) is 17.5 Å². The first-order chi connectivity index (χ1) is 9.86. The average Bonchev–Trinajstić information content (AvgIpc) is 2.97. The molecule has 6 nitrogen and oxygen atoms in total. The lowest BCUT2D eigenvalue weighted by atomic mass is 10.2. The average molecular weight is 292 g/mol. The van der Waals surface area contributed by atoms with Crippen molar-refractivity contribution < 1.29 is 9.26 Å². The topological polar surface area (TPSA) is 64.3 Å². The Morgan fingerprint density at radius 1 is 1.35 bits per heavy atom. The molecule has 0 N–H and O–H groups in total. The fraction of sp³-hybridized carbons (Fsp3) is 0.462. The van der Waals surface area contributed by atoms with Crippen LogP contribution in [0.3, 0.4) is 0 Å². The molecule has 1 fully saturated rings. The van der Waals surface area contributed by atoms with Crippen LogP contribution in [-0.2, 0) is 0 Å². The minimum absolute atomic E-state index is 0.194. The van der Waals surface area contributed by atoms with Gasteiger partial charge >= 0.3 is 6.08 Å². The first-order valence-corrected chi connectivity index (χ1v) is 7.78. The molecule has 3 rings (SSSR count). The Bertz CT molecular complexity index is 552. The molecule has 106 valence electrons. The van der Waals surface area contributed by atoms with Crippen molar-refractivity contribution in [1.82, 2.24) is 15.1 Å². The van der Waals surface area contributed by atoms with Gasteiger partial charge in [-0.25, -0.2) is 4.98 Å². The van der Waals surface area contributed by atoms with E-state index in [1.54, 1.807) is 6.20 Å². The zero-order valence-electron chi connectivity index (χ0n) is 11.3. The standard InChI is InChI=1S/C13H16N4O2S/c1-2-18-13-15-12(16-19-13)10-3-4-11(14-9-10)17-5-7-20-8-6-17/h3-4,9H,2,5-8H2,1H3. The molecule has 0 unspecified atom stereocenters. The monoisotopic (exact) mass is 292 g/mol. The molecular weight excluding hydrogens is 276 g/mol. The number of thioether (sulfide) groups is 1. The second-order valence-electron chi connectivity index (χ2n) is 4.32. The lowest BCUT2D eigenvalue weighted by Gasteiger charge is -2.27. The molecule has 2 aromatic heterocycles. The van der Waals surface area contributed by atoms with E-state index in [-0.39, 0.29) is 6.08 Å². The van der Waals surface area contributed by atoms with Gasteiger partial charge in [0.05, 0.1) is 6.61 Å².